The van der Waals surface area contributed by atoms with E-state index in [2.05, 4.69) is 57.8 Å². The first-order valence-electron chi connectivity index (χ1n) is 8.94. The lowest BCUT2D eigenvalue weighted by Crippen LogP contribution is -2.45. The van der Waals surface area contributed by atoms with Gasteiger partial charge < -0.3 is 10.4 Å². The smallest absolute Gasteiger partial charge is 0.124 e. The van der Waals surface area contributed by atoms with Crippen molar-refractivity contribution < 1.29 is 9.50 Å². The monoisotopic (exact) mass is 372 g/mol. The van der Waals surface area contributed by atoms with Crippen LogP contribution in [-0.2, 0) is 10.8 Å². The second-order valence-corrected chi connectivity index (χ2v) is 8.92. The Hall–Kier alpha value is -0.840. The number of piperazine rings is 1. The Labute approximate surface area is 158 Å². The number of alkyl halides is 1. The minimum Gasteiger partial charge on any atom is -0.507 e. The minimum absolute atomic E-state index is 0. The van der Waals surface area contributed by atoms with Gasteiger partial charge in [0.25, 0.3) is 0 Å². The SMILES string of the molecule is CC(C)(C)c1cc([C@@H](CF)N2CCNCC2)c(O)c(C(C)(C)C)c1.Cl. The third-order valence-corrected chi connectivity index (χ3v) is 4.91. The summed E-state index contributed by atoms with van der Waals surface area (Å²) in [4.78, 5) is 2.14. The number of nitrogens with one attached hydrogen (secondary N) is 1. The van der Waals surface area contributed by atoms with Gasteiger partial charge in [0.05, 0.1) is 6.04 Å². The van der Waals surface area contributed by atoms with E-state index >= 15 is 0 Å². The van der Waals surface area contributed by atoms with Crippen LogP contribution in [0, 0.1) is 0 Å². The zero-order valence-electron chi connectivity index (χ0n) is 16.4. The van der Waals surface area contributed by atoms with Crippen molar-refractivity contribution in [3.05, 3.63) is 28.8 Å². The van der Waals surface area contributed by atoms with Gasteiger partial charge in [-0.2, -0.15) is 0 Å². The highest BCUT2D eigenvalue weighted by Gasteiger charge is 2.30. The molecule has 0 bridgehead atoms. The molecular formula is C20H34ClFN2O. The Bertz CT molecular complexity index is 572. The summed E-state index contributed by atoms with van der Waals surface area (Å²) in [6.45, 7) is 15.6. The molecule has 0 saturated carbocycles. The van der Waals surface area contributed by atoms with Gasteiger partial charge in [0.2, 0.25) is 0 Å². The number of aromatic hydroxyl groups is 1. The number of nitrogens with zero attached hydrogens (tertiary/aromatic N) is 1. The summed E-state index contributed by atoms with van der Waals surface area (Å²) in [6, 6.07) is 3.72. The van der Waals surface area contributed by atoms with E-state index in [1.54, 1.807) is 0 Å². The standard InChI is InChI=1S/C20H33FN2O.ClH/c1-19(2,3)14-11-15(18(24)16(12-14)20(4,5)6)17(13-21)23-9-7-22-8-10-23;/h11-12,17,22,24H,7-10,13H2,1-6H3;1H/t17-;/m1./s1. The summed E-state index contributed by atoms with van der Waals surface area (Å²) >= 11 is 0. The van der Waals surface area contributed by atoms with E-state index in [1.165, 1.54) is 0 Å². The fraction of sp³-hybridized carbons (Fsp3) is 0.700. The van der Waals surface area contributed by atoms with Gasteiger partial charge in [-0.15, -0.1) is 12.4 Å². The Kier molecular flexibility index (Phi) is 7.31. The lowest BCUT2D eigenvalue weighted by atomic mass is 9.78. The average Bonchev–Trinajstić information content (AvgIpc) is 2.48. The van der Waals surface area contributed by atoms with Gasteiger partial charge >= 0.3 is 0 Å². The van der Waals surface area contributed by atoms with Crippen molar-refractivity contribution in [1.29, 1.82) is 0 Å². The topological polar surface area (TPSA) is 35.5 Å². The van der Waals surface area contributed by atoms with Gasteiger partial charge in [0, 0.05) is 31.7 Å². The molecule has 0 amide bonds. The first-order valence-corrected chi connectivity index (χ1v) is 8.94. The van der Waals surface area contributed by atoms with Gasteiger partial charge in [-0.25, -0.2) is 4.39 Å². The van der Waals surface area contributed by atoms with E-state index in [-0.39, 0.29) is 35.0 Å². The first kappa shape index (κ1) is 22.2. The highest BCUT2D eigenvalue weighted by Crippen LogP contribution is 2.41. The largest absolute Gasteiger partial charge is 0.507 e. The van der Waals surface area contributed by atoms with Crippen molar-refractivity contribution in [2.45, 2.75) is 58.4 Å². The van der Waals surface area contributed by atoms with Crippen LogP contribution in [0.15, 0.2) is 12.1 Å². The molecule has 1 aliphatic rings. The van der Waals surface area contributed by atoms with Crippen LogP contribution < -0.4 is 5.32 Å². The number of halogens is 2. The van der Waals surface area contributed by atoms with Crippen LogP contribution in [0.3, 0.4) is 0 Å². The molecule has 1 fully saturated rings. The van der Waals surface area contributed by atoms with Gasteiger partial charge in [0.1, 0.15) is 12.4 Å². The summed E-state index contributed by atoms with van der Waals surface area (Å²) in [5, 5.41) is 14.2. The molecule has 25 heavy (non-hydrogen) atoms. The highest BCUT2D eigenvalue weighted by atomic mass is 35.5. The molecule has 1 aromatic carbocycles. The molecule has 2 N–H and O–H groups in total. The quantitative estimate of drug-likeness (QED) is 0.829. The van der Waals surface area contributed by atoms with Gasteiger partial charge in [-0.1, -0.05) is 47.6 Å². The minimum atomic E-state index is -0.481. The molecule has 0 radical (unpaired) electrons. The second-order valence-electron chi connectivity index (χ2n) is 8.92. The number of rotatable bonds is 3. The maximum Gasteiger partial charge on any atom is 0.124 e. The molecule has 1 atom stereocenters. The molecule has 144 valence electrons. The molecule has 1 saturated heterocycles. The Morgan fingerprint density at radius 3 is 2.08 bits per heavy atom. The zero-order chi connectivity index (χ0) is 18.1. The Morgan fingerprint density at radius 1 is 1.08 bits per heavy atom. The number of phenolic OH excluding ortho intramolecular Hbond substituents is 1. The predicted molar refractivity (Wildman–Crippen MR) is 106 cm³/mol. The molecular weight excluding hydrogens is 339 g/mol. The maximum absolute atomic E-state index is 14.0. The molecule has 5 heteroatoms. The van der Waals surface area contributed by atoms with Crippen molar-refractivity contribution in [2.24, 2.45) is 0 Å². The van der Waals surface area contributed by atoms with E-state index in [0.29, 0.717) is 0 Å². The van der Waals surface area contributed by atoms with Crippen molar-refractivity contribution in [3.8, 4) is 5.75 Å². The summed E-state index contributed by atoms with van der Waals surface area (Å²) < 4.78 is 14.0. The van der Waals surface area contributed by atoms with Crippen LogP contribution in [0.2, 0.25) is 0 Å². The Balaban J connectivity index is 0.00000312. The number of hydrogen-bond donors (Lipinski definition) is 2. The molecule has 1 aromatic rings. The number of hydrogen-bond acceptors (Lipinski definition) is 3. The van der Waals surface area contributed by atoms with Crippen LogP contribution in [0.5, 0.6) is 5.75 Å². The van der Waals surface area contributed by atoms with E-state index in [1.807, 2.05) is 6.07 Å². The van der Waals surface area contributed by atoms with Crippen LogP contribution >= 0.6 is 12.4 Å². The predicted octanol–water partition coefficient (Wildman–Crippen LogP) is 4.32. The second kappa shape index (κ2) is 8.24. The van der Waals surface area contributed by atoms with E-state index in [4.69, 9.17) is 0 Å². The number of benzene rings is 1. The molecule has 3 nitrogen and oxygen atoms in total. The normalized spacial score (nSPS) is 17.9. The zero-order valence-corrected chi connectivity index (χ0v) is 17.3. The molecule has 1 aliphatic heterocycles. The van der Waals surface area contributed by atoms with Gasteiger partial charge in [-0.3, -0.25) is 4.90 Å². The van der Waals surface area contributed by atoms with Crippen LogP contribution in [0.4, 0.5) is 4.39 Å². The summed E-state index contributed by atoms with van der Waals surface area (Å²) in [7, 11) is 0. The van der Waals surface area contributed by atoms with E-state index in [9.17, 15) is 9.50 Å². The summed E-state index contributed by atoms with van der Waals surface area (Å²) in [6.07, 6.45) is 0. The van der Waals surface area contributed by atoms with Gasteiger partial charge in [-0.05, 0) is 28.0 Å². The highest BCUT2D eigenvalue weighted by molar-refractivity contribution is 5.85. The summed E-state index contributed by atoms with van der Waals surface area (Å²) in [5.74, 6) is 0.261. The van der Waals surface area contributed by atoms with Crippen LogP contribution in [0.25, 0.3) is 0 Å². The fourth-order valence-electron chi connectivity index (χ4n) is 3.29. The molecule has 0 aromatic heterocycles. The average molecular weight is 373 g/mol. The van der Waals surface area contributed by atoms with Crippen molar-refractivity contribution in [3.63, 3.8) is 0 Å². The summed E-state index contributed by atoms with van der Waals surface area (Å²) in [5.41, 5.74) is 2.54. The third-order valence-electron chi connectivity index (χ3n) is 4.91. The van der Waals surface area contributed by atoms with Gasteiger partial charge in [0.15, 0.2) is 0 Å². The van der Waals surface area contributed by atoms with Crippen molar-refractivity contribution in [2.75, 3.05) is 32.9 Å². The number of phenols is 1. The lowest BCUT2D eigenvalue weighted by molar-refractivity contribution is 0.145. The maximum atomic E-state index is 14.0. The first-order chi connectivity index (χ1) is 11.1. The lowest BCUT2D eigenvalue weighted by Gasteiger charge is -2.36. The van der Waals surface area contributed by atoms with E-state index in [0.717, 1.165) is 42.9 Å². The molecule has 2 rings (SSSR count). The van der Waals surface area contributed by atoms with Crippen LogP contribution in [0.1, 0.15) is 64.3 Å². The van der Waals surface area contributed by atoms with Crippen molar-refractivity contribution in [1.82, 2.24) is 10.2 Å². The molecule has 1 heterocycles. The fourth-order valence-corrected chi connectivity index (χ4v) is 3.29. The molecule has 0 spiro atoms. The molecule has 0 unspecified atom stereocenters. The van der Waals surface area contributed by atoms with Crippen molar-refractivity contribution >= 4 is 12.4 Å². The van der Waals surface area contributed by atoms with E-state index < -0.39 is 6.67 Å². The molecule has 0 aliphatic carbocycles. The van der Waals surface area contributed by atoms with Crippen LogP contribution in [-0.4, -0.2) is 42.9 Å². The Morgan fingerprint density at radius 2 is 1.64 bits per heavy atom. The third kappa shape index (κ3) is 5.08.